The summed E-state index contributed by atoms with van der Waals surface area (Å²) in [6.45, 7) is 2.62. The van der Waals surface area contributed by atoms with Gasteiger partial charge in [0.2, 0.25) is 0 Å². The van der Waals surface area contributed by atoms with Crippen LogP contribution in [0.15, 0.2) is 65.8 Å². The molecule has 9 rings (SSSR count). The average molecular weight is 492 g/mol. The first-order valence-electron chi connectivity index (χ1n) is 15.5. The third-order valence-corrected chi connectivity index (χ3v) is 12.8. The summed E-state index contributed by atoms with van der Waals surface area (Å²) in [6, 6.07) is 18.7. The van der Waals surface area contributed by atoms with Crippen LogP contribution in [-0.2, 0) is 4.74 Å². The summed E-state index contributed by atoms with van der Waals surface area (Å²) in [7, 11) is 0. The lowest BCUT2D eigenvalue weighted by Crippen LogP contribution is -2.55. The molecule has 37 heavy (non-hydrogen) atoms. The zero-order valence-corrected chi connectivity index (χ0v) is 22.4. The van der Waals surface area contributed by atoms with Crippen molar-refractivity contribution in [2.45, 2.75) is 119 Å². The zero-order valence-electron chi connectivity index (χ0n) is 22.4. The van der Waals surface area contributed by atoms with E-state index in [1.807, 2.05) is 0 Å². The number of hydrogen-bond donors (Lipinski definition) is 0. The fourth-order valence-electron chi connectivity index (χ4n) is 11.2. The van der Waals surface area contributed by atoms with Crippen LogP contribution in [0.1, 0.15) is 95.5 Å². The van der Waals surface area contributed by atoms with Crippen molar-refractivity contribution in [2.24, 2.45) is 11.3 Å². The molecule has 4 aliphatic heterocycles. The molecule has 2 nitrogen and oxygen atoms in total. The van der Waals surface area contributed by atoms with Crippen molar-refractivity contribution in [3.63, 3.8) is 0 Å². The van der Waals surface area contributed by atoms with Crippen LogP contribution in [0.5, 0.6) is 0 Å². The second-order valence-corrected chi connectivity index (χ2v) is 14.1. The minimum Gasteiger partial charge on any atom is -0.359 e. The number of allylic oxidation sites excluding steroid dienone is 1. The highest BCUT2D eigenvalue weighted by molar-refractivity contribution is 5.83. The maximum atomic E-state index is 7.63. The molecule has 0 aromatic heterocycles. The molecule has 192 valence electrons. The normalized spacial score (nSPS) is 45.9. The Bertz CT molecular complexity index is 1340. The van der Waals surface area contributed by atoms with E-state index in [0.29, 0.717) is 11.8 Å². The second-order valence-electron chi connectivity index (χ2n) is 14.1. The van der Waals surface area contributed by atoms with E-state index < -0.39 is 0 Å². The highest BCUT2D eigenvalue weighted by Crippen LogP contribution is 2.69. The van der Waals surface area contributed by atoms with E-state index in [-0.39, 0.29) is 16.6 Å². The molecule has 2 aromatic rings. The van der Waals surface area contributed by atoms with Crippen LogP contribution < -0.4 is 0 Å². The highest BCUT2D eigenvalue weighted by Gasteiger charge is 2.67. The van der Waals surface area contributed by atoms with E-state index in [9.17, 15) is 0 Å². The fourth-order valence-corrected chi connectivity index (χ4v) is 11.2. The Morgan fingerprint density at radius 2 is 1.65 bits per heavy atom. The zero-order chi connectivity index (χ0) is 24.4. The quantitative estimate of drug-likeness (QED) is 0.421. The Morgan fingerprint density at radius 1 is 0.838 bits per heavy atom. The number of ether oxygens (including phenoxy) is 1. The standard InChI is InChI=1S/C35H41NO/c1-33-17-16-27-21-26-8-9-30(36-28-10-11-29(36)13-12-28)22-34(26)18-19-35(27,37-34)32(33)15-14-31(33)25-7-6-23-4-2-3-5-24(23)20-25/h2-7,16,20-21,28-32H,8-15,17-19,22H2,1H3/t28?,29?,30-,31+,32+,33+,34+,35+/m0/s1. The molecule has 3 saturated heterocycles. The largest absolute Gasteiger partial charge is 0.359 e. The van der Waals surface area contributed by atoms with Crippen LogP contribution in [-0.4, -0.2) is 34.2 Å². The molecule has 0 radical (unpaired) electrons. The molecular weight excluding hydrogens is 450 g/mol. The predicted molar refractivity (Wildman–Crippen MR) is 150 cm³/mol. The molecule has 4 heterocycles. The summed E-state index contributed by atoms with van der Waals surface area (Å²) in [4.78, 5) is 2.99. The molecule has 3 aliphatic carbocycles. The van der Waals surface area contributed by atoms with E-state index in [0.717, 1.165) is 18.1 Å². The summed E-state index contributed by atoms with van der Waals surface area (Å²) in [5, 5.41) is 2.75. The third-order valence-electron chi connectivity index (χ3n) is 12.8. The number of rotatable bonds is 2. The Hall–Kier alpha value is -1.90. The monoisotopic (exact) mass is 491 g/mol. The molecule has 2 aromatic carbocycles. The van der Waals surface area contributed by atoms with Gasteiger partial charge in [-0.05, 0) is 122 Å². The highest BCUT2D eigenvalue weighted by atomic mass is 16.5. The molecule has 5 fully saturated rings. The average Bonchev–Trinajstić information content (AvgIpc) is 3.68. The summed E-state index contributed by atoms with van der Waals surface area (Å²) >= 11 is 0. The molecule has 0 N–H and O–H groups in total. The molecule has 0 amide bonds. The van der Waals surface area contributed by atoms with Crippen LogP contribution in [0, 0.1) is 11.3 Å². The van der Waals surface area contributed by atoms with Crippen LogP contribution in [0.2, 0.25) is 0 Å². The van der Waals surface area contributed by atoms with Crippen molar-refractivity contribution in [3.8, 4) is 0 Å². The lowest BCUT2D eigenvalue weighted by Gasteiger charge is -2.55. The van der Waals surface area contributed by atoms with E-state index in [1.165, 1.54) is 87.8 Å². The maximum Gasteiger partial charge on any atom is 0.0974 e. The summed E-state index contributed by atoms with van der Waals surface area (Å²) in [6.07, 6.45) is 21.3. The minimum atomic E-state index is -0.0338. The van der Waals surface area contributed by atoms with E-state index in [1.54, 1.807) is 16.7 Å². The molecule has 0 unspecified atom stereocenters. The number of fused-ring (bicyclic) bond motifs is 4. The van der Waals surface area contributed by atoms with Crippen LogP contribution in [0.4, 0.5) is 0 Å². The maximum absolute atomic E-state index is 7.63. The van der Waals surface area contributed by atoms with Gasteiger partial charge in [0.1, 0.15) is 0 Å². The number of benzene rings is 2. The summed E-state index contributed by atoms with van der Waals surface area (Å²) in [5.74, 6) is 1.26. The summed E-state index contributed by atoms with van der Waals surface area (Å²) < 4.78 is 7.63. The van der Waals surface area contributed by atoms with Gasteiger partial charge in [-0.15, -0.1) is 0 Å². The van der Waals surface area contributed by atoms with Crippen molar-refractivity contribution in [1.29, 1.82) is 0 Å². The molecule has 2 heteroatoms. The number of nitrogens with zero attached hydrogens (tertiary/aromatic N) is 1. The summed E-state index contributed by atoms with van der Waals surface area (Å²) in [5.41, 5.74) is 5.05. The molecule has 7 aliphatic rings. The van der Waals surface area contributed by atoms with Crippen molar-refractivity contribution in [2.75, 3.05) is 0 Å². The third kappa shape index (κ3) is 2.80. The van der Waals surface area contributed by atoms with Crippen LogP contribution in [0.25, 0.3) is 10.8 Å². The van der Waals surface area contributed by atoms with Gasteiger partial charge in [-0.3, -0.25) is 4.90 Å². The van der Waals surface area contributed by atoms with Gasteiger partial charge >= 0.3 is 0 Å². The van der Waals surface area contributed by atoms with Crippen molar-refractivity contribution in [1.82, 2.24) is 4.90 Å². The van der Waals surface area contributed by atoms with Gasteiger partial charge < -0.3 is 4.74 Å². The molecular formula is C35H41NO. The van der Waals surface area contributed by atoms with Gasteiger partial charge in [-0.25, -0.2) is 0 Å². The minimum absolute atomic E-state index is 0.0293. The van der Waals surface area contributed by atoms with E-state index >= 15 is 0 Å². The van der Waals surface area contributed by atoms with Gasteiger partial charge in [-0.1, -0.05) is 61.5 Å². The van der Waals surface area contributed by atoms with Crippen molar-refractivity contribution >= 4 is 10.8 Å². The van der Waals surface area contributed by atoms with Gasteiger partial charge in [0.15, 0.2) is 0 Å². The first-order valence-corrected chi connectivity index (χ1v) is 15.5. The lowest BCUT2D eigenvalue weighted by molar-refractivity contribution is -0.141. The Morgan fingerprint density at radius 3 is 2.49 bits per heavy atom. The van der Waals surface area contributed by atoms with Gasteiger partial charge in [-0.2, -0.15) is 0 Å². The van der Waals surface area contributed by atoms with Gasteiger partial charge in [0.25, 0.3) is 0 Å². The van der Waals surface area contributed by atoms with E-state index in [2.05, 4.69) is 66.4 Å². The first kappa shape index (κ1) is 22.0. The Balaban J connectivity index is 1.06. The van der Waals surface area contributed by atoms with Gasteiger partial charge in [0.05, 0.1) is 11.2 Å². The van der Waals surface area contributed by atoms with Crippen LogP contribution in [0.3, 0.4) is 0 Å². The number of hydrogen-bond acceptors (Lipinski definition) is 2. The van der Waals surface area contributed by atoms with Gasteiger partial charge in [0, 0.05) is 18.1 Å². The van der Waals surface area contributed by atoms with Crippen LogP contribution >= 0.6 is 0 Å². The smallest absolute Gasteiger partial charge is 0.0974 e. The SMILES string of the molecule is C[C@]12CC=C3C=C4CC[C@H](N5C6CCC5CC6)C[C@]45CC[C@]3(O5)[C@@H]1CC[C@@H]2c1ccc2ccccc2c1. The molecule has 4 bridgehead atoms. The topological polar surface area (TPSA) is 12.5 Å². The Kier molecular flexibility index (Phi) is 4.39. The van der Waals surface area contributed by atoms with E-state index in [4.69, 9.17) is 4.74 Å². The predicted octanol–water partition coefficient (Wildman–Crippen LogP) is 8.08. The molecule has 6 atom stereocenters. The second kappa shape index (κ2) is 7.39. The van der Waals surface area contributed by atoms with Crippen molar-refractivity contribution in [3.05, 3.63) is 71.3 Å². The lowest BCUT2D eigenvalue weighted by atomic mass is 9.58. The van der Waals surface area contributed by atoms with Crippen molar-refractivity contribution < 1.29 is 4.74 Å². The molecule has 2 saturated carbocycles. The first-order chi connectivity index (χ1) is 18.1. The molecule has 2 spiro atoms. The Labute approximate surface area is 222 Å². The fraction of sp³-hybridized carbons (Fsp3) is 0.600.